The summed E-state index contributed by atoms with van der Waals surface area (Å²) in [6, 6.07) is 13.2. The Morgan fingerprint density at radius 2 is 1.79 bits per heavy atom. The third kappa shape index (κ3) is 7.69. The molecule has 0 bridgehead atoms. The molecule has 7 heteroatoms. The predicted octanol–water partition coefficient (Wildman–Crippen LogP) is 3.43. The number of ether oxygens (including phenoxy) is 2. The molecule has 2 aromatic rings. The van der Waals surface area contributed by atoms with Crippen LogP contribution in [-0.2, 0) is 4.79 Å². The lowest BCUT2D eigenvalue weighted by Crippen LogP contribution is -2.34. The molecule has 156 valence electrons. The van der Waals surface area contributed by atoms with E-state index in [-0.39, 0.29) is 24.5 Å². The summed E-state index contributed by atoms with van der Waals surface area (Å²) in [5.74, 6) is 1.20. The van der Waals surface area contributed by atoms with Crippen molar-refractivity contribution in [3.63, 3.8) is 0 Å². The third-order valence-corrected chi connectivity index (χ3v) is 4.93. The van der Waals surface area contributed by atoms with Crippen molar-refractivity contribution in [1.82, 2.24) is 10.6 Å². The average molecular weight is 417 g/mol. The van der Waals surface area contributed by atoms with Gasteiger partial charge in [-0.3, -0.25) is 9.59 Å². The molecule has 0 atom stereocenters. The molecule has 0 aromatic heterocycles. The standard InChI is InChI=1S/C22H28N2O4S/c1-15(2)24-21(25)14-28-19-10-7-17(13-20(19)27-4)22(26)23-11-12-29-18-8-5-16(3)6-9-18/h5-10,13,15H,11-12,14H2,1-4H3,(H,23,26)(H,24,25). The summed E-state index contributed by atoms with van der Waals surface area (Å²) in [5, 5.41) is 5.66. The van der Waals surface area contributed by atoms with E-state index in [2.05, 4.69) is 41.8 Å². The zero-order valence-electron chi connectivity index (χ0n) is 17.3. The Labute approximate surface area is 176 Å². The number of hydrogen-bond acceptors (Lipinski definition) is 5. The molecule has 0 heterocycles. The van der Waals surface area contributed by atoms with Crippen LogP contribution in [0.1, 0.15) is 29.8 Å². The lowest BCUT2D eigenvalue weighted by Gasteiger charge is -2.13. The molecule has 0 aliphatic heterocycles. The first kappa shape index (κ1) is 22.6. The number of thioether (sulfide) groups is 1. The molecule has 6 nitrogen and oxygen atoms in total. The van der Waals surface area contributed by atoms with Crippen molar-refractivity contribution in [2.45, 2.75) is 31.7 Å². The Bertz CT molecular complexity index is 822. The molecule has 0 fully saturated rings. The maximum atomic E-state index is 12.4. The number of hydrogen-bond donors (Lipinski definition) is 2. The number of nitrogens with one attached hydrogen (secondary N) is 2. The molecule has 0 saturated carbocycles. The Morgan fingerprint density at radius 3 is 2.45 bits per heavy atom. The minimum atomic E-state index is -0.213. The van der Waals surface area contributed by atoms with Crippen LogP contribution in [0.2, 0.25) is 0 Å². The molecule has 2 aromatic carbocycles. The van der Waals surface area contributed by atoms with E-state index in [9.17, 15) is 9.59 Å². The minimum Gasteiger partial charge on any atom is -0.493 e. The third-order valence-electron chi connectivity index (χ3n) is 3.91. The fourth-order valence-electron chi connectivity index (χ4n) is 2.51. The maximum Gasteiger partial charge on any atom is 0.258 e. The maximum absolute atomic E-state index is 12.4. The predicted molar refractivity (Wildman–Crippen MR) is 116 cm³/mol. The summed E-state index contributed by atoms with van der Waals surface area (Å²) in [7, 11) is 1.50. The molecule has 0 radical (unpaired) electrons. The highest BCUT2D eigenvalue weighted by Crippen LogP contribution is 2.28. The van der Waals surface area contributed by atoms with Gasteiger partial charge in [-0.05, 0) is 51.1 Å². The van der Waals surface area contributed by atoms with Crippen molar-refractivity contribution < 1.29 is 19.1 Å². The highest BCUT2D eigenvalue weighted by molar-refractivity contribution is 7.99. The fourth-order valence-corrected chi connectivity index (χ4v) is 3.27. The molecule has 2 N–H and O–H groups in total. The largest absolute Gasteiger partial charge is 0.493 e. The van der Waals surface area contributed by atoms with E-state index < -0.39 is 0 Å². The number of methoxy groups -OCH3 is 1. The molecule has 0 spiro atoms. The van der Waals surface area contributed by atoms with Crippen LogP contribution in [0.25, 0.3) is 0 Å². The quantitative estimate of drug-likeness (QED) is 0.458. The smallest absolute Gasteiger partial charge is 0.258 e. The first-order chi connectivity index (χ1) is 13.9. The molecule has 0 saturated heterocycles. The van der Waals surface area contributed by atoms with Gasteiger partial charge < -0.3 is 20.1 Å². The van der Waals surface area contributed by atoms with Gasteiger partial charge in [0.05, 0.1) is 7.11 Å². The van der Waals surface area contributed by atoms with Gasteiger partial charge >= 0.3 is 0 Å². The van der Waals surface area contributed by atoms with E-state index in [4.69, 9.17) is 9.47 Å². The average Bonchev–Trinajstić information content (AvgIpc) is 2.70. The summed E-state index contributed by atoms with van der Waals surface area (Å²) in [6.45, 7) is 6.25. The second-order valence-electron chi connectivity index (χ2n) is 6.79. The Balaban J connectivity index is 1.85. The Morgan fingerprint density at radius 1 is 1.07 bits per heavy atom. The SMILES string of the molecule is COc1cc(C(=O)NCCSc2ccc(C)cc2)ccc1OCC(=O)NC(C)C. The van der Waals surface area contributed by atoms with Crippen molar-refractivity contribution in [2.24, 2.45) is 0 Å². The molecule has 29 heavy (non-hydrogen) atoms. The first-order valence-electron chi connectivity index (χ1n) is 9.47. The first-order valence-corrected chi connectivity index (χ1v) is 10.5. The van der Waals surface area contributed by atoms with E-state index in [1.54, 1.807) is 30.0 Å². The van der Waals surface area contributed by atoms with Gasteiger partial charge in [0.1, 0.15) is 0 Å². The van der Waals surface area contributed by atoms with Crippen molar-refractivity contribution in [1.29, 1.82) is 0 Å². The van der Waals surface area contributed by atoms with Crippen molar-refractivity contribution >= 4 is 23.6 Å². The van der Waals surface area contributed by atoms with Gasteiger partial charge in [0.15, 0.2) is 18.1 Å². The second-order valence-corrected chi connectivity index (χ2v) is 7.96. The zero-order chi connectivity index (χ0) is 21.2. The highest BCUT2D eigenvalue weighted by atomic mass is 32.2. The monoisotopic (exact) mass is 416 g/mol. The zero-order valence-corrected chi connectivity index (χ0v) is 18.1. The summed E-state index contributed by atoms with van der Waals surface area (Å²) < 4.78 is 10.8. The number of amides is 2. The Kier molecular flexibility index (Phi) is 8.86. The van der Waals surface area contributed by atoms with Crippen LogP contribution in [0, 0.1) is 6.92 Å². The normalized spacial score (nSPS) is 10.5. The van der Waals surface area contributed by atoms with Crippen molar-refractivity contribution in [2.75, 3.05) is 26.0 Å². The summed E-state index contributed by atoms with van der Waals surface area (Å²) in [5.41, 5.74) is 1.70. The van der Waals surface area contributed by atoms with Gasteiger partial charge in [-0.1, -0.05) is 17.7 Å². The van der Waals surface area contributed by atoms with E-state index in [0.29, 0.717) is 23.6 Å². The van der Waals surface area contributed by atoms with Crippen LogP contribution in [0.5, 0.6) is 11.5 Å². The molecule has 0 aliphatic rings. The van der Waals surface area contributed by atoms with Crippen LogP contribution >= 0.6 is 11.8 Å². The molecule has 2 amide bonds. The number of benzene rings is 2. The molecule has 0 aliphatic carbocycles. The minimum absolute atomic E-state index is 0.0447. The van der Waals surface area contributed by atoms with E-state index >= 15 is 0 Å². The molecular formula is C22H28N2O4S. The van der Waals surface area contributed by atoms with Crippen molar-refractivity contribution in [3.05, 3.63) is 53.6 Å². The van der Waals surface area contributed by atoms with E-state index in [1.165, 1.54) is 17.6 Å². The highest BCUT2D eigenvalue weighted by Gasteiger charge is 2.12. The van der Waals surface area contributed by atoms with Crippen LogP contribution in [0.15, 0.2) is 47.4 Å². The Hall–Kier alpha value is -2.67. The molecule has 2 rings (SSSR count). The van der Waals surface area contributed by atoms with Gasteiger partial charge in [0, 0.05) is 28.8 Å². The van der Waals surface area contributed by atoms with Gasteiger partial charge in [-0.2, -0.15) is 0 Å². The lowest BCUT2D eigenvalue weighted by molar-refractivity contribution is -0.123. The van der Waals surface area contributed by atoms with Gasteiger partial charge in [-0.15, -0.1) is 11.8 Å². The van der Waals surface area contributed by atoms with Gasteiger partial charge in [0.2, 0.25) is 0 Å². The number of carbonyl (C=O) groups is 2. The van der Waals surface area contributed by atoms with Crippen LogP contribution in [0.4, 0.5) is 0 Å². The van der Waals surface area contributed by atoms with Crippen LogP contribution in [-0.4, -0.2) is 43.9 Å². The summed E-state index contributed by atoms with van der Waals surface area (Å²) in [6.07, 6.45) is 0. The van der Waals surface area contributed by atoms with Crippen molar-refractivity contribution in [3.8, 4) is 11.5 Å². The topological polar surface area (TPSA) is 76.7 Å². The number of aryl methyl sites for hydroxylation is 1. The van der Waals surface area contributed by atoms with Crippen LogP contribution < -0.4 is 20.1 Å². The molecular weight excluding hydrogens is 388 g/mol. The summed E-state index contributed by atoms with van der Waals surface area (Å²) >= 11 is 1.69. The van der Waals surface area contributed by atoms with Gasteiger partial charge in [0.25, 0.3) is 11.8 Å². The summed E-state index contributed by atoms with van der Waals surface area (Å²) in [4.78, 5) is 25.3. The van der Waals surface area contributed by atoms with E-state index in [1.807, 2.05) is 13.8 Å². The van der Waals surface area contributed by atoms with Gasteiger partial charge in [-0.25, -0.2) is 0 Å². The molecule has 0 unspecified atom stereocenters. The van der Waals surface area contributed by atoms with E-state index in [0.717, 1.165) is 5.75 Å². The van der Waals surface area contributed by atoms with Crippen LogP contribution in [0.3, 0.4) is 0 Å². The lowest BCUT2D eigenvalue weighted by atomic mass is 10.2. The fraction of sp³-hybridized carbons (Fsp3) is 0.364. The number of rotatable bonds is 10. The second kappa shape index (κ2) is 11.4. The number of carbonyl (C=O) groups excluding carboxylic acids is 2.